The van der Waals surface area contributed by atoms with Crippen LogP contribution in [0.5, 0.6) is 0 Å². The summed E-state index contributed by atoms with van der Waals surface area (Å²) in [5, 5.41) is 0.550. The smallest absolute Gasteiger partial charge is 0.330 e. The number of hydrogen-bond acceptors (Lipinski definition) is 6. The molecule has 1 rings (SSSR count). The molecule has 1 aliphatic rings. The molecule has 7 heteroatoms. The SMILES string of the molecule is CC(C)[C@@H](C=O)[N+](C)CCCC(=O)ON1C(=O)CCC1=O. The number of hydrogen-bond donors (Lipinski definition) is 0. The number of imide groups is 1. The van der Waals surface area contributed by atoms with Crippen LogP contribution in [0, 0.1) is 5.92 Å². The van der Waals surface area contributed by atoms with Crippen LogP contribution in [-0.4, -0.2) is 48.8 Å². The van der Waals surface area contributed by atoms with Gasteiger partial charge in [0.2, 0.25) is 0 Å². The van der Waals surface area contributed by atoms with Gasteiger partial charge in [0.1, 0.15) is 13.6 Å². The first-order valence-electron chi connectivity index (χ1n) is 7.09. The van der Waals surface area contributed by atoms with Crippen molar-refractivity contribution in [2.75, 3.05) is 13.6 Å². The molecule has 0 spiro atoms. The van der Waals surface area contributed by atoms with E-state index < -0.39 is 17.8 Å². The maximum Gasteiger partial charge on any atom is 0.333 e. The van der Waals surface area contributed by atoms with E-state index in [1.54, 1.807) is 0 Å². The van der Waals surface area contributed by atoms with Crippen LogP contribution >= 0.6 is 0 Å². The molecule has 0 aromatic rings. The summed E-state index contributed by atoms with van der Waals surface area (Å²) < 4.78 is 0. The van der Waals surface area contributed by atoms with Gasteiger partial charge in [-0.25, -0.2) is 4.79 Å². The van der Waals surface area contributed by atoms with E-state index in [0.29, 0.717) is 18.0 Å². The van der Waals surface area contributed by atoms with Gasteiger partial charge in [-0.05, 0) is 0 Å². The predicted octanol–water partition coefficient (Wildman–Crippen LogP) is 0.367. The van der Waals surface area contributed by atoms with Crippen LogP contribution in [0.2, 0.25) is 0 Å². The Morgan fingerprint density at radius 1 is 1.33 bits per heavy atom. The van der Waals surface area contributed by atoms with Crippen molar-refractivity contribution in [3.8, 4) is 0 Å². The van der Waals surface area contributed by atoms with Crippen molar-refractivity contribution >= 4 is 24.1 Å². The second kappa shape index (κ2) is 7.87. The van der Waals surface area contributed by atoms with Gasteiger partial charge in [0.25, 0.3) is 11.8 Å². The van der Waals surface area contributed by atoms with E-state index in [2.05, 4.69) is 0 Å². The molecule has 2 amide bonds. The standard InChI is InChI=1S/C14H22N2O5/c1-10(2)11(9-17)15(3)8-4-5-14(20)21-16-12(18)6-7-13(16)19/h9-11H,4-8H2,1-3H3/q+1/t11-/m1/s1. The Labute approximate surface area is 124 Å². The molecule has 0 aromatic heterocycles. The highest BCUT2D eigenvalue weighted by molar-refractivity contribution is 6.01. The third-order valence-corrected chi connectivity index (χ3v) is 3.42. The van der Waals surface area contributed by atoms with Gasteiger partial charge in [-0.2, -0.15) is 4.90 Å². The van der Waals surface area contributed by atoms with Crippen molar-refractivity contribution in [2.24, 2.45) is 5.92 Å². The lowest BCUT2D eigenvalue weighted by Crippen LogP contribution is -2.42. The summed E-state index contributed by atoms with van der Waals surface area (Å²) in [6, 6.07) is -0.192. The maximum absolute atomic E-state index is 11.6. The second-order valence-electron chi connectivity index (χ2n) is 5.50. The van der Waals surface area contributed by atoms with Gasteiger partial charge in [-0.1, -0.05) is 13.8 Å². The summed E-state index contributed by atoms with van der Waals surface area (Å²) in [4.78, 5) is 51.8. The first kappa shape index (κ1) is 17.3. The van der Waals surface area contributed by atoms with Crippen LogP contribution in [0.15, 0.2) is 0 Å². The van der Waals surface area contributed by atoms with Crippen LogP contribution in [0.4, 0.5) is 0 Å². The number of rotatable bonds is 8. The van der Waals surface area contributed by atoms with Gasteiger partial charge in [0.05, 0.1) is 6.42 Å². The van der Waals surface area contributed by atoms with E-state index in [4.69, 9.17) is 4.84 Å². The lowest BCUT2D eigenvalue weighted by molar-refractivity contribution is -0.197. The van der Waals surface area contributed by atoms with Crippen LogP contribution in [-0.2, 0) is 24.0 Å². The van der Waals surface area contributed by atoms with Crippen molar-refractivity contribution < 1.29 is 24.0 Å². The zero-order valence-corrected chi connectivity index (χ0v) is 12.7. The third-order valence-electron chi connectivity index (χ3n) is 3.42. The molecular formula is C14H22N2O5+. The molecule has 0 aromatic carbocycles. The first-order valence-corrected chi connectivity index (χ1v) is 7.09. The highest BCUT2D eigenvalue weighted by Gasteiger charge is 2.33. The summed E-state index contributed by atoms with van der Waals surface area (Å²) in [7, 11) is 1.82. The van der Waals surface area contributed by atoms with E-state index in [9.17, 15) is 19.2 Å². The lowest BCUT2D eigenvalue weighted by atomic mass is 10.0. The molecule has 21 heavy (non-hydrogen) atoms. The van der Waals surface area contributed by atoms with Crippen molar-refractivity contribution in [3.05, 3.63) is 0 Å². The fourth-order valence-corrected chi connectivity index (χ4v) is 2.20. The maximum atomic E-state index is 11.6. The molecular weight excluding hydrogens is 276 g/mol. The minimum Gasteiger partial charge on any atom is -0.330 e. The van der Waals surface area contributed by atoms with Crippen LogP contribution in [0.1, 0.15) is 39.5 Å². The summed E-state index contributed by atoms with van der Waals surface area (Å²) in [6.07, 6.45) is 1.65. The van der Waals surface area contributed by atoms with Gasteiger partial charge in [-0.15, -0.1) is 5.06 Å². The molecule has 7 nitrogen and oxygen atoms in total. The lowest BCUT2D eigenvalue weighted by Gasteiger charge is -2.17. The van der Waals surface area contributed by atoms with Crippen molar-refractivity contribution in [1.82, 2.24) is 9.96 Å². The highest BCUT2D eigenvalue weighted by atomic mass is 16.7. The topological polar surface area (TPSA) is 86.7 Å². The number of likely N-dealkylation sites (N-methyl/N-ethyl adjacent to an activating group) is 1. The number of carbonyl (C=O) groups excluding carboxylic acids is 4. The summed E-state index contributed by atoms with van der Waals surface area (Å²) in [6.45, 7) is 4.46. The molecule has 0 bridgehead atoms. The van der Waals surface area contributed by atoms with Gasteiger partial charge in [0, 0.05) is 25.2 Å². The largest absolute Gasteiger partial charge is 0.333 e. The molecule has 1 fully saturated rings. The number of amides is 2. The summed E-state index contributed by atoms with van der Waals surface area (Å²) >= 11 is 0. The quantitative estimate of drug-likeness (QED) is 0.367. The third kappa shape index (κ3) is 4.93. The average Bonchev–Trinajstić information content (AvgIpc) is 2.71. The Hall–Kier alpha value is -1.76. The number of carbonyl (C=O) groups is 4. The van der Waals surface area contributed by atoms with Crippen LogP contribution < -0.4 is 4.90 Å². The van der Waals surface area contributed by atoms with Gasteiger partial charge in [-0.3, -0.25) is 14.4 Å². The number of aldehydes is 1. The Kier molecular flexibility index (Phi) is 6.48. The Morgan fingerprint density at radius 3 is 2.38 bits per heavy atom. The minimum atomic E-state index is -0.612. The van der Waals surface area contributed by atoms with E-state index in [1.165, 1.54) is 0 Å². The number of nitrogens with zero attached hydrogens (tertiary/aromatic N) is 2. The van der Waals surface area contributed by atoms with Gasteiger partial charge < -0.3 is 4.84 Å². The fourth-order valence-electron chi connectivity index (χ4n) is 2.20. The predicted molar refractivity (Wildman–Crippen MR) is 74.0 cm³/mol. The van der Waals surface area contributed by atoms with Crippen LogP contribution in [0.3, 0.4) is 0 Å². The molecule has 1 saturated heterocycles. The molecule has 1 aliphatic heterocycles. The van der Waals surface area contributed by atoms with Gasteiger partial charge in [0.15, 0.2) is 12.3 Å². The van der Waals surface area contributed by atoms with Crippen molar-refractivity contribution in [1.29, 1.82) is 0 Å². The van der Waals surface area contributed by atoms with E-state index in [-0.39, 0.29) is 31.2 Å². The average molecular weight is 298 g/mol. The van der Waals surface area contributed by atoms with Crippen molar-refractivity contribution in [2.45, 2.75) is 45.6 Å². The molecule has 1 radical (unpaired) electrons. The van der Waals surface area contributed by atoms with Gasteiger partial charge >= 0.3 is 5.97 Å². The molecule has 0 N–H and O–H groups in total. The van der Waals surface area contributed by atoms with E-state index in [1.807, 2.05) is 25.8 Å². The second-order valence-corrected chi connectivity index (χ2v) is 5.50. The zero-order chi connectivity index (χ0) is 16.0. The molecule has 0 aliphatic carbocycles. The summed E-state index contributed by atoms with van der Waals surface area (Å²) in [5.74, 6) is -1.38. The summed E-state index contributed by atoms with van der Waals surface area (Å²) in [5.41, 5.74) is 0. The Morgan fingerprint density at radius 2 is 1.90 bits per heavy atom. The van der Waals surface area contributed by atoms with Crippen LogP contribution in [0.25, 0.3) is 0 Å². The highest BCUT2D eigenvalue weighted by Crippen LogP contribution is 2.13. The van der Waals surface area contributed by atoms with E-state index in [0.717, 1.165) is 6.29 Å². The monoisotopic (exact) mass is 298 g/mol. The number of hydroxylamine groups is 2. The normalized spacial score (nSPS) is 16.7. The Bertz CT molecular complexity index is 406. The first-order chi connectivity index (χ1) is 9.86. The van der Waals surface area contributed by atoms with Crippen molar-refractivity contribution in [3.63, 3.8) is 0 Å². The molecule has 1 atom stereocenters. The Balaban J connectivity index is 2.32. The molecule has 117 valence electrons. The molecule has 1 heterocycles. The molecule has 0 unspecified atom stereocenters. The van der Waals surface area contributed by atoms with E-state index >= 15 is 0 Å². The fraction of sp³-hybridized carbons (Fsp3) is 0.714. The minimum absolute atomic E-state index is 0.0876. The molecule has 0 saturated carbocycles. The zero-order valence-electron chi connectivity index (χ0n) is 12.7.